The summed E-state index contributed by atoms with van der Waals surface area (Å²) >= 11 is 2.35. The van der Waals surface area contributed by atoms with Gasteiger partial charge in [0.1, 0.15) is 5.82 Å². The Morgan fingerprint density at radius 3 is 2.56 bits per heavy atom. The summed E-state index contributed by atoms with van der Waals surface area (Å²) < 4.78 is 1.17. The summed E-state index contributed by atoms with van der Waals surface area (Å²) in [7, 11) is 0. The zero-order chi connectivity index (χ0) is 13.0. The van der Waals surface area contributed by atoms with Gasteiger partial charge in [-0.05, 0) is 48.3 Å². The van der Waals surface area contributed by atoms with Crippen LogP contribution in [0.2, 0.25) is 0 Å². The Kier molecular flexibility index (Phi) is 5.03. The molecule has 0 aliphatic carbocycles. The molecule has 2 heterocycles. The molecule has 1 aromatic heterocycles. The Morgan fingerprint density at radius 1 is 1.22 bits per heavy atom. The first kappa shape index (κ1) is 13.8. The summed E-state index contributed by atoms with van der Waals surface area (Å²) in [5, 5.41) is 3.42. The summed E-state index contributed by atoms with van der Waals surface area (Å²) in [6, 6.07) is 0. The molecule has 0 spiro atoms. The fourth-order valence-corrected chi connectivity index (χ4v) is 2.95. The molecule has 5 heteroatoms. The standard InChI is InChI=1S/C13H21IN4/c1-3-7-15-12-11(14)10(4-2)16-13(17-12)18-8-5-6-9-18/h3-9H2,1-2H3,(H,15,16,17). The van der Waals surface area contributed by atoms with Gasteiger partial charge in [0.15, 0.2) is 0 Å². The van der Waals surface area contributed by atoms with E-state index in [4.69, 9.17) is 9.97 Å². The maximum atomic E-state index is 4.71. The van der Waals surface area contributed by atoms with Crippen molar-refractivity contribution in [1.29, 1.82) is 0 Å². The molecular weight excluding hydrogens is 339 g/mol. The molecule has 1 aromatic rings. The molecule has 0 amide bonds. The van der Waals surface area contributed by atoms with Gasteiger partial charge in [0, 0.05) is 19.6 Å². The predicted molar refractivity (Wildman–Crippen MR) is 84.4 cm³/mol. The average Bonchev–Trinajstić information content (AvgIpc) is 2.91. The van der Waals surface area contributed by atoms with Crippen molar-refractivity contribution in [2.75, 3.05) is 29.9 Å². The third-order valence-electron chi connectivity index (χ3n) is 3.17. The van der Waals surface area contributed by atoms with Gasteiger partial charge in [0.25, 0.3) is 0 Å². The number of nitrogens with zero attached hydrogens (tertiary/aromatic N) is 3. The fourth-order valence-electron chi connectivity index (χ4n) is 2.13. The second kappa shape index (κ2) is 6.54. The van der Waals surface area contributed by atoms with Gasteiger partial charge in [-0.25, -0.2) is 4.98 Å². The summed E-state index contributed by atoms with van der Waals surface area (Å²) in [4.78, 5) is 11.7. The molecule has 1 aliphatic heterocycles. The van der Waals surface area contributed by atoms with E-state index < -0.39 is 0 Å². The zero-order valence-corrected chi connectivity index (χ0v) is 13.3. The lowest BCUT2D eigenvalue weighted by molar-refractivity contribution is 0.864. The Hall–Kier alpha value is -0.590. The van der Waals surface area contributed by atoms with Gasteiger partial charge in [-0.1, -0.05) is 13.8 Å². The maximum absolute atomic E-state index is 4.71. The van der Waals surface area contributed by atoms with Gasteiger partial charge in [0.2, 0.25) is 5.95 Å². The van der Waals surface area contributed by atoms with Crippen LogP contribution in [0.25, 0.3) is 0 Å². The molecule has 4 nitrogen and oxygen atoms in total. The summed E-state index contributed by atoms with van der Waals surface area (Å²) in [5.41, 5.74) is 1.16. The van der Waals surface area contributed by atoms with Crippen molar-refractivity contribution < 1.29 is 0 Å². The maximum Gasteiger partial charge on any atom is 0.227 e. The van der Waals surface area contributed by atoms with Crippen molar-refractivity contribution in [3.8, 4) is 0 Å². The van der Waals surface area contributed by atoms with Crippen molar-refractivity contribution in [2.24, 2.45) is 0 Å². The van der Waals surface area contributed by atoms with Crippen LogP contribution in [0.4, 0.5) is 11.8 Å². The minimum absolute atomic E-state index is 0.906. The van der Waals surface area contributed by atoms with Gasteiger partial charge < -0.3 is 10.2 Å². The van der Waals surface area contributed by atoms with Crippen LogP contribution >= 0.6 is 22.6 Å². The van der Waals surface area contributed by atoms with E-state index in [1.165, 1.54) is 16.4 Å². The van der Waals surface area contributed by atoms with Crippen LogP contribution in [0, 0.1) is 3.57 Å². The molecule has 1 saturated heterocycles. The fraction of sp³-hybridized carbons (Fsp3) is 0.692. The number of rotatable bonds is 5. The Bertz CT molecular complexity index is 402. The quantitative estimate of drug-likeness (QED) is 0.820. The molecule has 0 aromatic carbocycles. The van der Waals surface area contributed by atoms with Crippen LogP contribution in [-0.4, -0.2) is 29.6 Å². The van der Waals surface area contributed by atoms with E-state index in [1.807, 2.05) is 0 Å². The van der Waals surface area contributed by atoms with Crippen molar-refractivity contribution in [3.63, 3.8) is 0 Å². The topological polar surface area (TPSA) is 41.1 Å². The second-order valence-electron chi connectivity index (χ2n) is 4.61. The molecule has 0 unspecified atom stereocenters. The Balaban J connectivity index is 2.29. The Labute approximate surface area is 123 Å². The second-order valence-corrected chi connectivity index (χ2v) is 5.69. The molecule has 2 rings (SSSR count). The van der Waals surface area contributed by atoms with Gasteiger partial charge in [-0.2, -0.15) is 4.98 Å². The minimum Gasteiger partial charge on any atom is -0.369 e. The van der Waals surface area contributed by atoms with Crippen molar-refractivity contribution >= 4 is 34.4 Å². The highest BCUT2D eigenvalue weighted by molar-refractivity contribution is 14.1. The van der Waals surface area contributed by atoms with E-state index in [-0.39, 0.29) is 0 Å². The first-order chi connectivity index (χ1) is 8.76. The molecule has 0 bridgehead atoms. The van der Waals surface area contributed by atoms with Crippen LogP contribution < -0.4 is 10.2 Å². The van der Waals surface area contributed by atoms with Crippen LogP contribution in [0.1, 0.15) is 38.8 Å². The number of anilines is 2. The molecule has 0 radical (unpaired) electrons. The highest BCUT2D eigenvalue weighted by Crippen LogP contribution is 2.24. The first-order valence-electron chi connectivity index (χ1n) is 6.81. The molecule has 0 atom stereocenters. The molecule has 1 N–H and O–H groups in total. The van der Waals surface area contributed by atoms with Gasteiger partial charge in [-0.3, -0.25) is 0 Å². The highest BCUT2D eigenvalue weighted by Gasteiger charge is 2.18. The van der Waals surface area contributed by atoms with Crippen LogP contribution in [-0.2, 0) is 6.42 Å². The summed E-state index contributed by atoms with van der Waals surface area (Å²) in [5.74, 6) is 1.91. The van der Waals surface area contributed by atoms with E-state index in [0.717, 1.165) is 49.9 Å². The number of nitrogens with one attached hydrogen (secondary N) is 1. The molecular formula is C13H21IN4. The monoisotopic (exact) mass is 360 g/mol. The van der Waals surface area contributed by atoms with Crippen molar-refractivity contribution in [1.82, 2.24) is 9.97 Å². The lowest BCUT2D eigenvalue weighted by Gasteiger charge is -2.18. The predicted octanol–water partition coefficient (Wildman–Crippen LogP) is 3.07. The van der Waals surface area contributed by atoms with Gasteiger partial charge in [0.05, 0.1) is 9.26 Å². The lowest BCUT2D eigenvalue weighted by atomic mass is 10.3. The van der Waals surface area contributed by atoms with Gasteiger partial charge in [-0.15, -0.1) is 0 Å². The summed E-state index contributed by atoms with van der Waals surface area (Å²) in [6.07, 6.45) is 4.59. The molecule has 0 saturated carbocycles. The van der Waals surface area contributed by atoms with E-state index in [2.05, 4.69) is 46.7 Å². The summed E-state index contributed by atoms with van der Waals surface area (Å²) in [6.45, 7) is 7.48. The number of aromatic nitrogens is 2. The van der Waals surface area contributed by atoms with E-state index in [9.17, 15) is 0 Å². The average molecular weight is 360 g/mol. The third kappa shape index (κ3) is 3.05. The van der Waals surface area contributed by atoms with E-state index in [1.54, 1.807) is 0 Å². The number of aryl methyl sites for hydroxylation is 1. The van der Waals surface area contributed by atoms with Crippen LogP contribution in [0.5, 0.6) is 0 Å². The number of halogens is 1. The molecule has 1 fully saturated rings. The first-order valence-corrected chi connectivity index (χ1v) is 7.89. The van der Waals surface area contributed by atoms with Gasteiger partial charge >= 0.3 is 0 Å². The van der Waals surface area contributed by atoms with Crippen LogP contribution in [0.15, 0.2) is 0 Å². The third-order valence-corrected chi connectivity index (χ3v) is 4.31. The van der Waals surface area contributed by atoms with Crippen molar-refractivity contribution in [3.05, 3.63) is 9.26 Å². The van der Waals surface area contributed by atoms with E-state index in [0.29, 0.717) is 0 Å². The molecule has 18 heavy (non-hydrogen) atoms. The molecule has 1 aliphatic rings. The lowest BCUT2D eigenvalue weighted by Crippen LogP contribution is -2.22. The normalized spacial score (nSPS) is 15.2. The zero-order valence-electron chi connectivity index (χ0n) is 11.2. The van der Waals surface area contributed by atoms with Crippen molar-refractivity contribution in [2.45, 2.75) is 39.5 Å². The smallest absolute Gasteiger partial charge is 0.227 e. The largest absolute Gasteiger partial charge is 0.369 e. The minimum atomic E-state index is 0.906. The van der Waals surface area contributed by atoms with E-state index >= 15 is 0 Å². The highest BCUT2D eigenvalue weighted by atomic mass is 127. The molecule has 100 valence electrons. The van der Waals surface area contributed by atoms with Crippen LogP contribution in [0.3, 0.4) is 0 Å². The Morgan fingerprint density at radius 2 is 1.94 bits per heavy atom. The SMILES string of the molecule is CCCNc1nc(N2CCCC2)nc(CC)c1I. The number of hydrogen-bond donors (Lipinski definition) is 1. The number of hydrogen-bond acceptors (Lipinski definition) is 4.